The van der Waals surface area contributed by atoms with Crippen LogP contribution in [0.25, 0.3) is 0 Å². The van der Waals surface area contributed by atoms with Crippen LogP contribution >= 0.6 is 22.7 Å². The molecular formula is C14H17NO3S2. The summed E-state index contributed by atoms with van der Waals surface area (Å²) in [4.78, 5) is 16.8. The lowest BCUT2D eigenvalue weighted by Gasteiger charge is -2.13. The van der Waals surface area contributed by atoms with Gasteiger partial charge in [-0.25, -0.2) is 9.78 Å². The maximum Gasteiger partial charge on any atom is 0.349 e. The Kier molecular flexibility index (Phi) is 4.15. The monoisotopic (exact) mass is 311 g/mol. The van der Waals surface area contributed by atoms with E-state index in [0.717, 1.165) is 15.6 Å². The van der Waals surface area contributed by atoms with Gasteiger partial charge in [0.25, 0.3) is 0 Å². The number of carboxylic acid groups (broad SMARTS) is 1. The normalized spacial score (nSPS) is 11.6. The van der Waals surface area contributed by atoms with Crippen molar-refractivity contribution in [2.24, 2.45) is 0 Å². The van der Waals surface area contributed by atoms with Crippen LogP contribution in [0.5, 0.6) is 5.75 Å². The van der Waals surface area contributed by atoms with Gasteiger partial charge >= 0.3 is 5.97 Å². The second kappa shape index (κ2) is 5.54. The Hall–Kier alpha value is -1.40. The maximum atomic E-state index is 11.1. The van der Waals surface area contributed by atoms with Crippen LogP contribution in [0.4, 0.5) is 0 Å². The van der Waals surface area contributed by atoms with Gasteiger partial charge in [0.05, 0.1) is 10.7 Å². The Morgan fingerprint density at radius 3 is 2.70 bits per heavy atom. The largest absolute Gasteiger partial charge is 0.485 e. The number of aryl methyl sites for hydroxylation is 1. The van der Waals surface area contributed by atoms with Gasteiger partial charge in [-0.05, 0) is 13.0 Å². The molecule has 2 aromatic rings. The standard InChI is InChI=1S/C14H17NO3S2/c1-8-5-10(11(20-8)12(16)17)18-6-9-7-19-13(15-9)14(2,3)4/h5,7H,6H2,1-4H3,(H,16,17). The quantitative estimate of drug-likeness (QED) is 0.924. The van der Waals surface area contributed by atoms with Crippen molar-refractivity contribution in [1.82, 2.24) is 4.98 Å². The zero-order valence-corrected chi connectivity index (χ0v) is 13.5. The highest BCUT2D eigenvalue weighted by molar-refractivity contribution is 7.14. The number of ether oxygens (including phenoxy) is 1. The Balaban J connectivity index is 2.09. The van der Waals surface area contributed by atoms with Crippen LogP contribution in [0.3, 0.4) is 0 Å². The number of carbonyl (C=O) groups is 1. The highest BCUT2D eigenvalue weighted by atomic mass is 32.1. The van der Waals surface area contributed by atoms with Gasteiger partial charge in [0.15, 0.2) is 4.88 Å². The van der Waals surface area contributed by atoms with E-state index in [1.807, 2.05) is 12.3 Å². The number of nitrogens with zero attached hydrogens (tertiary/aromatic N) is 1. The lowest BCUT2D eigenvalue weighted by Crippen LogP contribution is -2.10. The van der Waals surface area contributed by atoms with Crippen molar-refractivity contribution in [2.75, 3.05) is 0 Å². The third-order valence-electron chi connectivity index (χ3n) is 2.58. The minimum atomic E-state index is -0.952. The number of carboxylic acids is 1. The molecule has 0 aromatic carbocycles. The summed E-state index contributed by atoms with van der Waals surface area (Å²) in [6, 6.07) is 1.76. The van der Waals surface area contributed by atoms with Crippen LogP contribution in [0.1, 0.15) is 46.0 Å². The van der Waals surface area contributed by atoms with Crippen LogP contribution in [-0.4, -0.2) is 16.1 Å². The van der Waals surface area contributed by atoms with Crippen LogP contribution in [-0.2, 0) is 12.0 Å². The maximum absolute atomic E-state index is 11.1. The highest BCUT2D eigenvalue weighted by Gasteiger charge is 2.19. The summed E-state index contributed by atoms with van der Waals surface area (Å²) in [6.45, 7) is 8.50. The first-order chi connectivity index (χ1) is 9.27. The van der Waals surface area contributed by atoms with Crippen LogP contribution < -0.4 is 4.74 Å². The van der Waals surface area contributed by atoms with Gasteiger partial charge in [-0.3, -0.25) is 0 Å². The Morgan fingerprint density at radius 2 is 2.15 bits per heavy atom. The molecule has 1 N–H and O–H groups in total. The Bertz CT molecular complexity index is 623. The molecule has 0 amide bonds. The third-order valence-corrected chi connectivity index (χ3v) is 4.92. The molecule has 0 saturated heterocycles. The van der Waals surface area contributed by atoms with E-state index in [1.54, 1.807) is 17.4 Å². The zero-order valence-electron chi connectivity index (χ0n) is 11.9. The minimum Gasteiger partial charge on any atom is -0.485 e. The fourth-order valence-corrected chi connectivity index (χ4v) is 3.30. The molecule has 0 fully saturated rings. The molecule has 4 nitrogen and oxygen atoms in total. The summed E-state index contributed by atoms with van der Waals surface area (Å²) in [5.41, 5.74) is 0.855. The van der Waals surface area contributed by atoms with Crippen molar-refractivity contribution < 1.29 is 14.6 Å². The zero-order chi connectivity index (χ0) is 14.9. The smallest absolute Gasteiger partial charge is 0.349 e. The number of thiophene rings is 1. The first-order valence-electron chi connectivity index (χ1n) is 6.19. The molecule has 0 aliphatic heterocycles. The van der Waals surface area contributed by atoms with Crippen molar-refractivity contribution in [3.8, 4) is 5.75 Å². The van der Waals surface area contributed by atoms with E-state index in [9.17, 15) is 4.79 Å². The van der Waals surface area contributed by atoms with E-state index in [1.165, 1.54) is 11.3 Å². The van der Waals surface area contributed by atoms with Gasteiger partial charge in [0.1, 0.15) is 12.4 Å². The predicted octanol–water partition coefficient (Wildman–Crippen LogP) is 4.09. The van der Waals surface area contributed by atoms with Crippen molar-refractivity contribution >= 4 is 28.6 Å². The number of hydrogen-bond donors (Lipinski definition) is 1. The van der Waals surface area contributed by atoms with E-state index in [-0.39, 0.29) is 10.3 Å². The van der Waals surface area contributed by atoms with Gasteiger partial charge in [-0.15, -0.1) is 22.7 Å². The summed E-state index contributed by atoms with van der Waals surface area (Å²) in [6.07, 6.45) is 0. The molecule has 0 unspecified atom stereocenters. The second-order valence-electron chi connectivity index (χ2n) is 5.54. The van der Waals surface area contributed by atoms with Crippen molar-refractivity contribution in [3.05, 3.63) is 31.9 Å². The molecule has 0 spiro atoms. The van der Waals surface area contributed by atoms with Gasteiger partial charge in [0.2, 0.25) is 0 Å². The van der Waals surface area contributed by atoms with Gasteiger partial charge in [-0.2, -0.15) is 0 Å². The van der Waals surface area contributed by atoms with Gasteiger partial charge in [0, 0.05) is 15.7 Å². The number of hydrogen-bond acceptors (Lipinski definition) is 5. The molecule has 0 atom stereocenters. The molecule has 0 saturated carbocycles. The van der Waals surface area contributed by atoms with Crippen LogP contribution in [0.15, 0.2) is 11.4 Å². The van der Waals surface area contributed by atoms with Crippen molar-refractivity contribution in [3.63, 3.8) is 0 Å². The third kappa shape index (κ3) is 3.37. The molecule has 2 heterocycles. The molecule has 108 valence electrons. The summed E-state index contributed by atoms with van der Waals surface area (Å²) in [5.74, 6) is -0.530. The highest BCUT2D eigenvalue weighted by Crippen LogP contribution is 2.30. The topological polar surface area (TPSA) is 59.4 Å². The van der Waals surface area contributed by atoms with E-state index < -0.39 is 5.97 Å². The number of aromatic carboxylic acids is 1. The lowest BCUT2D eigenvalue weighted by atomic mass is 9.98. The van der Waals surface area contributed by atoms with E-state index in [4.69, 9.17) is 9.84 Å². The minimum absolute atomic E-state index is 0.0219. The SMILES string of the molecule is Cc1cc(OCc2csc(C(C)(C)C)n2)c(C(=O)O)s1. The summed E-state index contributed by atoms with van der Waals surface area (Å²) < 4.78 is 5.61. The second-order valence-corrected chi connectivity index (χ2v) is 7.65. The first kappa shape index (κ1) is 15.0. The number of rotatable bonds is 4. The average Bonchev–Trinajstić information content (AvgIpc) is 2.91. The van der Waals surface area contributed by atoms with E-state index >= 15 is 0 Å². The van der Waals surface area contributed by atoms with Crippen molar-refractivity contribution in [1.29, 1.82) is 0 Å². The van der Waals surface area contributed by atoms with Crippen molar-refractivity contribution in [2.45, 2.75) is 39.7 Å². The fraction of sp³-hybridized carbons (Fsp3) is 0.429. The van der Waals surface area contributed by atoms with E-state index in [0.29, 0.717) is 12.4 Å². The Labute approximate surface area is 126 Å². The molecule has 0 aliphatic carbocycles. The molecule has 2 aromatic heterocycles. The number of thiazole rings is 1. The first-order valence-corrected chi connectivity index (χ1v) is 7.88. The molecule has 2 rings (SSSR count). The predicted molar refractivity (Wildman–Crippen MR) is 81.2 cm³/mol. The molecule has 0 radical (unpaired) electrons. The summed E-state index contributed by atoms with van der Waals surface area (Å²) >= 11 is 2.83. The van der Waals surface area contributed by atoms with Gasteiger partial charge in [-0.1, -0.05) is 20.8 Å². The lowest BCUT2D eigenvalue weighted by molar-refractivity contribution is 0.0697. The van der Waals surface area contributed by atoms with Crippen LogP contribution in [0, 0.1) is 6.92 Å². The summed E-state index contributed by atoms with van der Waals surface area (Å²) in [7, 11) is 0. The molecule has 20 heavy (non-hydrogen) atoms. The Morgan fingerprint density at radius 1 is 1.45 bits per heavy atom. The molecule has 0 bridgehead atoms. The number of aromatic nitrogens is 1. The van der Waals surface area contributed by atoms with Gasteiger partial charge < -0.3 is 9.84 Å². The molecule has 6 heteroatoms. The summed E-state index contributed by atoms with van der Waals surface area (Å²) in [5, 5.41) is 12.1. The average molecular weight is 311 g/mol. The fourth-order valence-electron chi connectivity index (χ4n) is 1.62. The van der Waals surface area contributed by atoms with E-state index in [2.05, 4.69) is 25.8 Å². The molecular weight excluding hydrogens is 294 g/mol. The molecule has 0 aliphatic rings. The van der Waals surface area contributed by atoms with Crippen LogP contribution in [0.2, 0.25) is 0 Å².